The lowest BCUT2D eigenvalue weighted by molar-refractivity contribution is -0.231. The molecule has 0 bridgehead atoms. The zero-order valence-corrected chi connectivity index (χ0v) is 32.9. The number of ether oxygens (including phenoxy) is 3. The van der Waals surface area contributed by atoms with E-state index in [-0.39, 0.29) is 31.4 Å². The molecule has 4 N–H and O–H groups in total. The molecular weight excluding hydrogens is 648 g/mol. The van der Waals surface area contributed by atoms with E-state index in [2.05, 4.69) is 13.8 Å². The molecule has 0 spiro atoms. The molecule has 0 aromatic heterocycles. The number of esters is 2. The maximum atomic E-state index is 12.8. The molecule has 0 saturated carbocycles. The zero-order valence-electron chi connectivity index (χ0n) is 32.9. The van der Waals surface area contributed by atoms with E-state index in [1.54, 1.807) is 0 Å². The first-order valence-electron chi connectivity index (χ1n) is 21.5. The molecule has 0 aromatic rings. The Morgan fingerprint density at radius 2 is 0.902 bits per heavy atom. The van der Waals surface area contributed by atoms with Gasteiger partial charge >= 0.3 is 11.9 Å². The number of hydrogen-bond donors (Lipinski definition) is 4. The van der Waals surface area contributed by atoms with Gasteiger partial charge in [0.1, 0.15) is 37.1 Å². The van der Waals surface area contributed by atoms with Crippen molar-refractivity contribution in [1.29, 1.82) is 0 Å². The molecule has 0 amide bonds. The van der Waals surface area contributed by atoms with Crippen LogP contribution >= 0.6 is 0 Å². The Morgan fingerprint density at radius 3 is 1.31 bits per heavy atom. The normalized spacial score (nSPS) is 21.1. The minimum absolute atomic E-state index is 0.0843. The molecule has 9 heteroatoms. The molecule has 1 rings (SSSR count). The largest absolute Gasteiger partial charge is 0.462 e. The molecule has 0 aliphatic carbocycles. The standard InChI is InChI=1S/C42H80O9/c1-3-5-7-9-11-13-15-17-19-21-23-25-27-29-38(44)49-34-35(31-32-36-40(46)42(48)41(47)37(33-43)51-36)50-39(45)30-28-26-24-22-20-18-16-14-12-10-8-6-4-2/h35-37,40-43,46-48H,3-34H2,1-2H3/t35-,36+,37-,40+,41-,42-/m1/s1. The summed E-state index contributed by atoms with van der Waals surface area (Å²) in [7, 11) is 0. The SMILES string of the molecule is CCCCCCCCCCCCCCCC(=O)OC[C@@H](CC[C@@H]1O[C@H](CO)[C@@H](O)[C@H](O)[C@H]1O)OC(=O)CCCCCCCCCCCCCCC. The van der Waals surface area contributed by atoms with Crippen molar-refractivity contribution in [1.82, 2.24) is 0 Å². The Bertz CT molecular complexity index is 807. The number of aliphatic hydroxyl groups excluding tert-OH is 4. The van der Waals surface area contributed by atoms with Crippen molar-refractivity contribution in [2.75, 3.05) is 13.2 Å². The molecule has 1 saturated heterocycles. The Labute approximate surface area is 312 Å². The fourth-order valence-corrected chi connectivity index (χ4v) is 7.02. The van der Waals surface area contributed by atoms with Gasteiger partial charge in [0.2, 0.25) is 0 Å². The van der Waals surface area contributed by atoms with Gasteiger partial charge in [0.15, 0.2) is 0 Å². The van der Waals surface area contributed by atoms with E-state index in [0.717, 1.165) is 38.5 Å². The van der Waals surface area contributed by atoms with Gasteiger partial charge in [-0.2, -0.15) is 0 Å². The maximum Gasteiger partial charge on any atom is 0.306 e. The Morgan fingerprint density at radius 1 is 0.529 bits per heavy atom. The molecule has 1 fully saturated rings. The van der Waals surface area contributed by atoms with Crippen molar-refractivity contribution in [2.24, 2.45) is 0 Å². The van der Waals surface area contributed by atoms with Crippen LogP contribution in [0, 0.1) is 0 Å². The van der Waals surface area contributed by atoms with Gasteiger partial charge in [0.25, 0.3) is 0 Å². The van der Waals surface area contributed by atoms with Crippen LogP contribution in [0.3, 0.4) is 0 Å². The van der Waals surface area contributed by atoms with Crippen LogP contribution in [0.25, 0.3) is 0 Å². The summed E-state index contributed by atoms with van der Waals surface area (Å²) < 4.78 is 16.9. The molecule has 302 valence electrons. The third-order valence-electron chi connectivity index (χ3n) is 10.5. The van der Waals surface area contributed by atoms with Crippen LogP contribution in [-0.4, -0.2) is 82.2 Å². The molecule has 1 aliphatic rings. The summed E-state index contributed by atoms with van der Waals surface area (Å²) in [4.78, 5) is 25.3. The lowest BCUT2D eigenvalue weighted by Crippen LogP contribution is -2.58. The van der Waals surface area contributed by atoms with Gasteiger partial charge in [-0.1, -0.05) is 168 Å². The molecule has 0 aromatic carbocycles. The minimum Gasteiger partial charge on any atom is -0.462 e. The first-order chi connectivity index (χ1) is 24.8. The highest BCUT2D eigenvalue weighted by molar-refractivity contribution is 5.70. The minimum atomic E-state index is -1.46. The monoisotopic (exact) mass is 729 g/mol. The predicted molar refractivity (Wildman–Crippen MR) is 204 cm³/mol. The number of aliphatic hydroxyl groups is 4. The van der Waals surface area contributed by atoms with Crippen molar-refractivity contribution in [3.8, 4) is 0 Å². The molecule has 6 atom stereocenters. The highest BCUT2D eigenvalue weighted by Gasteiger charge is 2.43. The van der Waals surface area contributed by atoms with Crippen molar-refractivity contribution < 1.29 is 44.2 Å². The third-order valence-corrected chi connectivity index (χ3v) is 10.5. The van der Waals surface area contributed by atoms with Crippen LogP contribution in [0.4, 0.5) is 0 Å². The van der Waals surface area contributed by atoms with E-state index in [1.165, 1.54) is 128 Å². The van der Waals surface area contributed by atoms with Crippen LogP contribution in [0.2, 0.25) is 0 Å². The summed E-state index contributed by atoms with van der Waals surface area (Å²) in [5.41, 5.74) is 0. The van der Waals surface area contributed by atoms with Gasteiger partial charge in [0, 0.05) is 12.8 Å². The van der Waals surface area contributed by atoms with Gasteiger partial charge in [-0.15, -0.1) is 0 Å². The first-order valence-corrected chi connectivity index (χ1v) is 21.5. The van der Waals surface area contributed by atoms with Gasteiger partial charge in [-0.25, -0.2) is 0 Å². The summed E-state index contributed by atoms with van der Waals surface area (Å²) in [6, 6.07) is 0. The Hall–Kier alpha value is -1.26. The van der Waals surface area contributed by atoms with Gasteiger partial charge in [-0.05, 0) is 25.7 Å². The van der Waals surface area contributed by atoms with E-state index in [0.29, 0.717) is 12.8 Å². The molecular formula is C42H80O9. The second-order valence-electron chi connectivity index (χ2n) is 15.2. The summed E-state index contributed by atoms with van der Waals surface area (Å²) >= 11 is 0. The fraction of sp³-hybridized carbons (Fsp3) is 0.952. The van der Waals surface area contributed by atoms with Crippen LogP contribution in [0.1, 0.15) is 206 Å². The lowest BCUT2D eigenvalue weighted by atomic mass is 9.92. The van der Waals surface area contributed by atoms with E-state index < -0.39 is 43.2 Å². The quantitative estimate of drug-likeness (QED) is 0.0371. The van der Waals surface area contributed by atoms with Crippen LogP contribution in [0.5, 0.6) is 0 Å². The molecule has 51 heavy (non-hydrogen) atoms. The number of hydrogen-bond acceptors (Lipinski definition) is 9. The van der Waals surface area contributed by atoms with E-state index in [9.17, 15) is 30.0 Å². The Kier molecular flexibility index (Phi) is 31.2. The molecule has 9 nitrogen and oxygen atoms in total. The van der Waals surface area contributed by atoms with Crippen molar-refractivity contribution in [2.45, 2.75) is 243 Å². The second-order valence-corrected chi connectivity index (χ2v) is 15.2. The topological polar surface area (TPSA) is 143 Å². The summed E-state index contributed by atoms with van der Waals surface area (Å²) in [5, 5.41) is 40.3. The summed E-state index contributed by atoms with van der Waals surface area (Å²) in [6.07, 6.45) is 26.1. The van der Waals surface area contributed by atoms with E-state index in [1.807, 2.05) is 0 Å². The maximum absolute atomic E-state index is 12.8. The van der Waals surface area contributed by atoms with Crippen LogP contribution in [0.15, 0.2) is 0 Å². The molecule has 0 radical (unpaired) electrons. The smallest absolute Gasteiger partial charge is 0.306 e. The second kappa shape index (κ2) is 33.3. The average molecular weight is 729 g/mol. The summed E-state index contributed by atoms with van der Waals surface area (Å²) in [6.45, 7) is 3.91. The third kappa shape index (κ3) is 25.4. The average Bonchev–Trinajstić information content (AvgIpc) is 3.13. The fourth-order valence-electron chi connectivity index (χ4n) is 7.02. The van der Waals surface area contributed by atoms with Gasteiger partial charge < -0.3 is 34.6 Å². The highest BCUT2D eigenvalue weighted by atomic mass is 16.6. The predicted octanol–water partition coefficient (Wildman–Crippen LogP) is 9.03. The van der Waals surface area contributed by atoms with E-state index >= 15 is 0 Å². The number of rotatable bonds is 35. The van der Waals surface area contributed by atoms with Crippen LogP contribution in [-0.2, 0) is 23.8 Å². The van der Waals surface area contributed by atoms with Gasteiger partial charge in [0.05, 0.1) is 12.7 Å². The molecule has 1 aliphatic heterocycles. The first kappa shape index (κ1) is 47.8. The van der Waals surface area contributed by atoms with Crippen molar-refractivity contribution in [3.05, 3.63) is 0 Å². The van der Waals surface area contributed by atoms with Crippen molar-refractivity contribution in [3.63, 3.8) is 0 Å². The van der Waals surface area contributed by atoms with Crippen LogP contribution < -0.4 is 0 Å². The molecule has 1 heterocycles. The Balaban J connectivity index is 2.35. The highest BCUT2D eigenvalue weighted by Crippen LogP contribution is 2.25. The number of carbonyl (C=O) groups is 2. The van der Waals surface area contributed by atoms with Crippen molar-refractivity contribution >= 4 is 11.9 Å². The number of carbonyl (C=O) groups excluding carboxylic acids is 2. The number of unbranched alkanes of at least 4 members (excludes halogenated alkanes) is 24. The summed E-state index contributed by atoms with van der Waals surface area (Å²) in [5.74, 6) is -0.659. The van der Waals surface area contributed by atoms with Gasteiger partial charge in [-0.3, -0.25) is 9.59 Å². The molecule has 0 unspecified atom stereocenters. The zero-order chi connectivity index (χ0) is 37.4. The van der Waals surface area contributed by atoms with E-state index in [4.69, 9.17) is 14.2 Å². The lowest BCUT2D eigenvalue weighted by Gasteiger charge is -2.40.